The molecule has 0 amide bonds. The van der Waals surface area contributed by atoms with Crippen molar-refractivity contribution in [3.05, 3.63) is 65.2 Å². The van der Waals surface area contributed by atoms with E-state index in [1.54, 1.807) is 0 Å². The summed E-state index contributed by atoms with van der Waals surface area (Å²) in [5.74, 6) is 1.18. The first kappa shape index (κ1) is 18.1. The zero-order chi connectivity index (χ0) is 18.2. The van der Waals surface area contributed by atoms with E-state index in [4.69, 9.17) is 4.74 Å². The van der Waals surface area contributed by atoms with Crippen molar-refractivity contribution < 1.29 is 9.53 Å². The van der Waals surface area contributed by atoms with Gasteiger partial charge in [0.1, 0.15) is 5.75 Å². The Balaban J connectivity index is 1.62. The highest BCUT2D eigenvalue weighted by Gasteiger charge is 2.14. The second kappa shape index (κ2) is 9.14. The summed E-state index contributed by atoms with van der Waals surface area (Å²) in [6, 6.07) is 15.9. The van der Waals surface area contributed by atoms with Crippen molar-refractivity contribution >= 4 is 23.8 Å². The van der Waals surface area contributed by atoms with Gasteiger partial charge in [-0.2, -0.15) is 0 Å². The number of ketones is 1. The molecule has 1 fully saturated rings. The maximum atomic E-state index is 11.9. The Morgan fingerprint density at radius 3 is 2.35 bits per heavy atom. The molecule has 134 valence electrons. The van der Waals surface area contributed by atoms with Gasteiger partial charge in [-0.05, 0) is 84.9 Å². The molecule has 0 N–H and O–H groups in total. The number of hydrogen-bond acceptors (Lipinski definition) is 3. The van der Waals surface area contributed by atoms with Crippen LogP contribution in [-0.4, -0.2) is 18.6 Å². The van der Waals surface area contributed by atoms with Crippen molar-refractivity contribution in [2.24, 2.45) is 4.99 Å². The number of rotatable bonds is 6. The summed E-state index contributed by atoms with van der Waals surface area (Å²) >= 11 is 0. The molecule has 0 atom stereocenters. The predicted molar refractivity (Wildman–Crippen MR) is 107 cm³/mol. The van der Waals surface area contributed by atoms with Gasteiger partial charge in [0, 0.05) is 12.6 Å². The van der Waals surface area contributed by atoms with E-state index in [0.717, 1.165) is 60.4 Å². The molecule has 0 saturated heterocycles. The third-order valence-electron chi connectivity index (χ3n) is 4.41. The zero-order valence-electron chi connectivity index (χ0n) is 15.3. The summed E-state index contributed by atoms with van der Waals surface area (Å²) in [7, 11) is 0. The highest BCUT2D eigenvalue weighted by Crippen LogP contribution is 2.23. The number of carbonyl (C=O) groups excluding carboxylic acids is 1. The van der Waals surface area contributed by atoms with E-state index in [2.05, 4.69) is 11.9 Å². The summed E-state index contributed by atoms with van der Waals surface area (Å²) in [6.07, 6.45) is 8.60. The fourth-order valence-corrected chi connectivity index (χ4v) is 2.93. The van der Waals surface area contributed by atoms with Gasteiger partial charge in [0.05, 0.1) is 12.3 Å². The van der Waals surface area contributed by atoms with Crippen LogP contribution in [0.5, 0.6) is 5.75 Å². The highest BCUT2D eigenvalue weighted by atomic mass is 16.5. The van der Waals surface area contributed by atoms with Crippen molar-refractivity contribution in [2.45, 2.75) is 39.0 Å². The molecule has 1 aliphatic carbocycles. The standard InChI is InChI=1S/C23H25NO2/c1-2-15-26-22-13-9-19(10-14-22)17-24-21-11-7-18(8-12-21)16-20-5-3-4-6-23(20)25/h7-14,16-17H,2-6,15H2,1H3. The van der Waals surface area contributed by atoms with Crippen molar-refractivity contribution in [2.75, 3.05) is 6.61 Å². The van der Waals surface area contributed by atoms with Gasteiger partial charge >= 0.3 is 0 Å². The number of benzene rings is 2. The molecule has 0 aliphatic heterocycles. The van der Waals surface area contributed by atoms with Gasteiger partial charge in [0.2, 0.25) is 0 Å². The first-order chi connectivity index (χ1) is 12.7. The van der Waals surface area contributed by atoms with Gasteiger partial charge < -0.3 is 4.74 Å². The Kier molecular flexibility index (Phi) is 6.37. The Morgan fingerprint density at radius 2 is 1.65 bits per heavy atom. The van der Waals surface area contributed by atoms with Gasteiger partial charge in [0.15, 0.2) is 5.78 Å². The van der Waals surface area contributed by atoms with E-state index in [1.165, 1.54) is 0 Å². The number of ether oxygens (including phenoxy) is 1. The van der Waals surface area contributed by atoms with E-state index in [1.807, 2.05) is 60.8 Å². The van der Waals surface area contributed by atoms with E-state index < -0.39 is 0 Å². The van der Waals surface area contributed by atoms with E-state index in [0.29, 0.717) is 12.2 Å². The van der Waals surface area contributed by atoms with Crippen LogP contribution in [0.1, 0.15) is 50.2 Å². The number of allylic oxidation sites excluding steroid dienone is 1. The molecule has 0 unspecified atom stereocenters. The highest BCUT2D eigenvalue weighted by molar-refractivity contribution is 6.00. The molecule has 3 rings (SSSR count). The number of Topliss-reactive ketones (excluding diaryl/α,β-unsaturated/α-hetero) is 1. The molecule has 1 aliphatic rings. The van der Waals surface area contributed by atoms with E-state index >= 15 is 0 Å². The third kappa shape index (κ3) is 5.16. The molecule has 2 aromatic carbocycles. The van der Waals surface area contributed by atoms with Gasteiger partial charge in [-0.25, -0.2) is 0 Å². The molecule has 3 heteroatoms. The molecule has 0 bridgehead atoms. The largest absolute Gasteiger partial charge is 0.494 e. The van der Waals surface area contributed by atoms with Crippen molar-refractivity contribution in [1.82, 2.24) is 0 Å². The minimum atomic E-state index is 0.296. The van der Waals surface area contributed by atoms with Crippen LogP contribution in [0.15, 0.2) is 59.1 Å². The summed E-state index contributed by atoms with van der Waals surface area (Å²) in [5.41, 5.74) is 3.95. The maximum absolute atomic E-state index is 11.9. The summed E-state index contributed by atoms with van der Waals surface area (Å²) in [5, 5.41) is 0. The topological polar surface area (TPSA) is 38.7 Å². The minimum Gasteiger partial charge on any atom is -0.494 e. The smallest absolute Gasteiger partial charge is 0.158 e. The van der Waals surface area contributed by atoms with Crippen LogP contribution in [0.25, 0.3) is 6.08 Å². The molecule has 1 saturated carbocycles. The third-order valence-corrected chi connectivity index (χ3v) is 4.41. The first-order valence-corrected chi connectivity index (χ1v) is 9.35. The maximum Gasteiger partial charge on any atom is 0.158 e. The van der Waals surface area contributed by atoms with Crippen molar-refractivity contribution in [3.8, 4) is 5.75 Å². The van der Waals surface area contributed by atoms with E-state index in [9.17, 15) is 4.79 Å². The monoisotopic (exact) mass is 347 g/mol. The van der Waals surface area contributed by atoms with Crippen LogP contribution < -0.4 is 4.74 Å². The normalized spacial score (nSPS) is 16.3. The van der Waals surface area contributed by atoms with Gasteiger partial charge in [-0.1, -0.05) is 19.1 Å². The lowest BCUT2D eigenvalue weighted by atomic mass is 9.92. The van der Waals surface area contributed by atoms with Gasteiger partial charge in [-0.3, -0.25) is 9.79 Å². The Labute approximate surface area is 155 Å². The fraction of sp³-hybridized carbons (Fsp3) is 0.304. The molecular weight excluding hydrogens is 322 g/mol. The predicted octanol–water partition coefficient (Wildman–Crippen LogP) is 5.75. The summed E-state index contributed by atoms with van der Waals surface area (Å²) in [6.45, 7) is 2.83. The minimum absolute atomic E-state index is 0.296. The zero-order valence-corrected chi connectivity index (χ0v) is 15.3. The molecule has 26 heavy (non-hydrogen) atoms. The fourth-order valence-electron chi connectivity index (χ4n) is 2.93. The Morgan fingerprint density at radius 1 is 0.962 bits per heavy atom. The number of carbonyl (C=O) groups is 1. The van der Waals surface area contributed by atoms with Crippen molar-refractivity contribution in [1.29, 1.82) is 0 Å². The van der Waals surface area contributed by atoms with Crippen LogP contribution in [0.2, 0.25) is 0 Å². The van der Waals surface area contributed by atoms with Crippen LogP contribution in [-0.2, 0) is 4.79 Å². The van der Waals surface area contributed by atoms with Gasteiger partial charge in [-0.15, -0.1) is 0 Å². The average molecular weight is 347 g/mol. The second-order valence-corrected chi connectivity index (χ2v) is 6.57. The van der Waals surface area contributed by atoms with Crippen LogP contribution in [0.3, 0.4) is 0 Å². The number of nitrogens with zero attached hydrogens (tertiary/aromatic N) is 1. The molecular formula is C23H25NO2. The molecule has 0 spiro atoms. The quantitative estimate of drug-likeness (QED) is 0.493. The average Bonchev–Trinajstić information content (AvgIpc) is 2.68. The molecule has 3 nitrogen and oxygen atoms in total. The number of hydrogen-bond donors (Lipinski definition) is 0. The summed E-state index contributed by atoms with van der Waals surface area (Å²) < 4.78 is 5.58. The Bertz CT molecular complexity index is 786. The SMILES string of the molecule is CCCOc1ccc(C=Nc2ccc(C=C3CCCCC3=O)cc2)cc1. The molecule has 0 radical (unpaired) electrons. The van der Waals surface area contributed by atoms with E-state index in [-0.39, 0.29) is 0 Å². The second-order valence-electron chi connectivity index (χ2n) is 6.57. The van der Waals surface area contributed by atoms with Crippen LogP contribution in [0, 0.1) is 0 Å². The van der Waals surface area contributed by atoms with Gasteiger partial charge in [0.25, 0.3) is 0 Å². The lowest BCUT2D eigenvalue weighted by molar-refractivity contribution is -0.116. The summed E-state index contributed by atoms with van der Waals surface area (Å²) in [4.78, 5) is 16.4. The van der Waals surface area contributed by atoms with Crippen molar-refractivity contribution in [3.63, 3.8) is 0 Å². The lowest BCUT2D eigenvalue weighted by Crippen LogP contribution is -2.07. The molecule has 2 aromatic rings. The van der Waals surface area contributed by atoms with Crippen LogP contribution >= 0.6 is 0 Å². The Hall–Kier alpha value is -2.68. The number of aliphatic imine (C=N–C) groups is 1. The van der Waals surface area contributed by atoms with Crippen LogP contribution in [0.4, 0.5) is 5.69 Å². The first-order valence-electron chi connectivity index (χ1n) is 9.35. The molecule has 0 heterocycles. The molecule has 0 aromatic heterocycles. The lowest BCUT2D eigenvalue weighted by Gasteiger charge is -2.12.